The first-order valence-electron chi connectivity index (χ1n) is 7.02. The molecule has 0 aliphatic heterocycles. The van der Waals surface area contributed by atoms with Crippen molar-refractivity contribution in [1.82, 2.24) is 15.3 Å². The first-order chi connectivity index (χ1) is 9.43. The molecule has 2 aromatic rings. The highest BCUT2D eigenvalue weighted by Crippen LogP contribution is 2.62. The Labute approximate surface area is 124 Å². The van der Waals surface area contributed by atoms with Gasteiger partial charge in [-0.05, 0) is 23.0 Å². The molecule has 20 heavy (non-hydrogen) atoms. The molecule has 106 valence electrons. The number of nitrogens with zero attached hydrogens (tertiary/aromatic N) is 2. The Balaban J connectivity index is 1.65. The highest BCUT2D eigenvalue weighted by atomic mass is 32.1. The molecule has 0 atom stereocenters. The van der Waals surface area contributed by atoms with Crippen LogP contribution in [-0.2, 0) is 6.54 Å². The van der Waals surface area contributed by atoms with Crippen molar-refractivity contribution in [2.24, 2.45) is 10.8 Å². The normalized spacial score (nSPS) is 20.0. The Kier molecular flexibility index (Phi) is 3.18. The number of rotatable bonds is 4. The molecule has 0 aromatic carbocycles. The van der Waals surface area contributed by atoms with Crippen molar-refractivity contribution in [1.29, 1.82) is 0 Å². The highest BCUT2D eigenvalue weighted by molar-refractivity contribution is 7.13. The summed E-state index contributed by atoms with van der Waals surface area (Å²) >= 11 is 1.66. The Hall–Kier alpha value is -1.26. The molecule has 0 radical (unpaired) electrons. The average Bonchev–Trinajstić information content (AvgIpc) is 2.76. The number of pyridine rings is 1. The first-order valence-corrected chi connectivity index (χ1v) is 7.90. The molecule has 3 rings (SSSR count). The molecule has 0 saturated heterocycles. The van der Waals surface area contributed by atoms with Crippen molar-refractivity contribution in [3.63, 3.8) is 0 Å². The fourth-order valence-electron chi connectivity index (χ4n) is 2.91. The lowest BCUT2D eigenvalue weighted by atomic mass is 10.0. The molecule has 1 aliphatic rings. The molecule has 3 nitrogen and oxygen atoms in total. The third-order valence-corrected chi connectivity index (χ3v) is 5.86. The summed E-state index contributed by atoms with van der Waals surface area (Å²) in [5.74, 6) is 0. The molecule has 2 aromatic heterocycles. The Bertz CT molecular complexity index is 587. The topological polar surface area (TPSA) is 37.8 Å². The minimum atomic E-state index is 0.368. The fraction of sp³-hybridized carbons (Fsp3) is 0.500. The van der Waals surface area contributed by atoms with E-state index in [0.717, 1.165) is 22.9 Å². The second kappa shape index (κ2) is 4.64. The summed E-state index contributed by atoms with van der Waals surface area (Å²) in [6.45, 7) is 10.1. The van der Waals surface area contributed by atoms with Gasteiger partial charge in [0.15, 0.2) is 0 Å². The summed E-state index contributed by atoms with van der Waals surface area (Å²) in [5, 5.41) is 6.76. The molecule has 1 fully saturated rings. The Morgan fingerprint density at radius 3 is 2.55 bits per heavy atom. The molecular formula is C16H21N3S. The summed E-state index contributed by atoms with van der Waals surface area (Å²) in [4.78, 5) is 9.01. The number of thiazole rings is 1. The minimum absolute atomic E-state index is 0.368. The van der Waals surface area contributed by atoms with Crippen LogP contribution in [0.3, 0.4) is 0 Å². The SMILES string of the molecule is CC1(C)C(NCc2csc(-c3ccccn3)n2)C1(C)C. The lowest BCUT2D eigenvalue weighted by molar-refractivity contribution is 0.457. The van der Waals surface area contributed by atoms with Gasteiger partial charge in [-0.25, -0.2) is 4.98 Å². The van der Waals surface area contributed by atoms with E-state index in [1.54, 1.807) is 11.3 Å². The van der Waals surface area contributed by atoms with Crippen molar-refractivity contribution >= 4 is 11.3 Å². The van der Waals surface area contributed by atoms with Gasteiger partial charge in [-0.1, -0.05) is 33.8 Å². The molecule has 1 saturated carbocycles. The van der Waals surface area contributed by atoms with Gasteiger partial charge in [0, 0.05) is 24.2 Å². The maximum absolute atomic E-state index is 4.67. The van der Waals surface area contributed by atoms with Gasteiger partial charge in [0.05, 0.1) is 11.4 Å². The van der Waals surface area contributed by atoms with Crippen LogP contribution in [0, 0.1) is 10.8 Å². The van der Waals surface area contributed by atoms with Crippen LogP contribution in [0.5, 0.6) is 0 Å². The fourth-order valence-corrected chi connectivity index (χ4v) is 3.70. The first kappa shape index (κ1) is 13.7. The van der Waals surface area contributed by atoms with E-state index in [0.29, 0.717) is 16.9 Å². The van der Waals surface area contributed by atoms with Gasteiger partial charge in [0.25, 0.3) is 0 Å². The summed E-state index contributed by atoms with van der Waals surface area (Å²) in [5.41, 5.74) is 2.80. The van der Waals surface area contributed by atoms with Crippen LogP contribution >= 0.6 is 11.3 Å². The molecule has 0 unspecified atom stereocenters. The smallest absolute Gasteiger partial charge is 0.142 e. The molecular weight excluding hydrogens is 266 g/mol. The number of aromatic nitrogens is 2. The van der Waals surface area contributed by atoms with E-state index in [1.807, 2.05) is 24.4 Å². The Morgan fingerprint density at radius 1 is 1.20 bits per heavy atom. The van der Waals surface area contributed by atoms with E-state index < -0.39 is 0 Å². The van der Waals surface area contributed by atoms with Crippen LogP contribution in [0.25, 0.3) is 10.7 Å². The second-order valence-electron chi connectivity index (χ2n) is 6.62. The number of nitrogens with one attached hydrogen (secondary N) is 1. The van der Waals surface area contributed by atoms with Gasteiger partial charge in [-0.2, -0.15) is 0 Å². The van der Waals surface area contributed by atoms with Crippen molar-refractivity contribution in [2.45, 2.75) is 40.3 Å². The summed E-state index contributed by atoms with van der Waals surface area (Å²) in [7, 11) is 0. The molecule has 1 aliphatic carbocycles. The van der Waals surface area contributed by atoms with E-state index in [4.69, 9.17) is 0 Å². The van der Waals surface area contributed by atoms with E-state index in [9.17, 15) is 0 Å². The number of hydrogen-bond acceptors (Lipinski definition) is 4. The van der Waals surface area contributed by atoms with Gasteiger partial charge >= 0.3 is 0 Å². The quantitative estimate of drug-likeness (QED) is 0.931. The minimum Gasteiger partial charge on any atom is -0.307 e. The van der Waals surface area contributed by atoms with E-state index >= 15 is 0 Å². The van der Waals surface area contributed by atoms with Crippen molar-refractivity contribution in [3.8, 4) is 10.7 Å². The molecule has 4 heteroatoms. The average molecular weight is 287 g/mol. The van der Waals surface area contributed by atoms with Crippen LogP contribution in [-0.4, -0.2) is 16.0 Å². The van der Waals surface area contributed by atoms with Gasteiger partial charge in [0.1, 0.15) is 5.01 Å². The zero-order valence-electron chi connectivity index (χ0n) is 12.5. The maximum atomic E-state index is 4.67. The van der Waals surface area contributed by atoms with Gasteiger partial charge in [-0.3, -0.25) is 4.98 Å². The third-order valence-electron chi connectivity index (χ3n) is 4.94. The van der Waals surface area contributed by atoms with Crippen LogP contribution in [0.2, 0.25) is 0 Å². The van der Waals surface area contributed by atoms with Crippen LogP contribution < -0.4 is 5.32 Å². The molecule has 0 spiro atoms. The zero-order chi connectivity index (χ0) is 14.4. The lowest BCUT2D eigenvalue weighted by Gasteiger charge is -2.03. The Morgan fingerprint density at radius 2 is 1.95 bits per heavy atom. The lowest BCUT2D eigenvalue weighted by Crippen LogP contribution is -2.21. The monoisotopic (exact) mass is 287 g/mol. The zero-order valence-corrected chi connectivity index (χ0v) is 13.3. The standard InChI is InChI=1S/C16H21N3S/c1-15(2)14(16(15,3)4)18-9-11-10-20-13(19-11)12-7-5-6-8-17-12/h5-8,10,14,18H,9H2,1-4H3. The summed E-state index contributed by atoms with van der Waals surface area (Å²) in [6, 6.07) is 6.49. The van der Waals surface area contributed by atoms with Gasteiger partial charge in [0.2, 0.25) is 0 Å². The largest absolute Gasteiger partial charge is 0.307 e. The van der Waals surface area contributed by atoms with Gasteiger partial charge in [-0.15, -0.1) is 11.3 Å². The predicted molar refractivity (Wildman–Crippen MR) is 83.5 cm³/mol. The van der Waals surface area contributed by atoms with Crippen LogP contribution in [0.1, 0.15) is 33.4 Å². The predicted octanol–water partition coefficient (Wildman–Crippen LogP) is 3.73. The van der Waals surface area contributed by atoms with Gasteiger partial charge < -0.3 is 5.32 Å². The molecule has 0 bridgehead atoms. The third kappa shape index (κ3) is 2.17. The van der Waals surface area contributed by atoms with E-state index in [-0.39, 0.29) is 0 Å². The summed E-state index contributed by atoms with van der Waals surface area (Å²) < 4.78 is 0. The number of hydrogen-bond donors (Lipinski definition) is 1. The summed E-state index contributed by atoms with van der Waals surface area (Å²) in [6.07, 6.45) is 1.81. The van der Waals surface area contributed by atoms with E-state index in [1.165, 1.54) is 0 Å². The van der Waals surface area contributed by atoms with E-state index in [2.05, 4.69) is 48.4 Å². The molecule has 1 N–H and O–H groups in total. The van der Waals surface area contributed by atoms with Crippen molar-refractivity contribution in [2.75, 3.05) is 0 Å². The second-order valence-corrected chi connectivity index (χ2v) is 7.47. The van der Waals surface area contributed by atoms with Crippen molar-refractivity contribution < 1.29 is 0 Å². The maximum Gasteiger partial charge on any atom is 0.142 e. The van der Waals surface area contributed by atoms with Crippen LogP contribution in [0.4, 0.5) is 0 Å². The highest BCUT2D eigenvalue weighted by Gasteiger charge is 2.64. The molecule has 0 amide bonds. The van der Waals surface area contributed by atoms with Crippen LogP contribution in [0.15, 0.2) is 29.8 Å². The van der Waals surface area contributed by atoms with Crippen molar-refractivity contribution in [3.05, 3.63) is 35.5 Å². The molecule has 2 heterocycles.